The molecule has 2 atom stereocenters. The number of para-hydroxylation sites is 2. The summed E-state index contributed by atoms with van der Waals surface area (Å²) in [4.78, 5) is 4.87. The van der Waals surface area contributed by atoms with Gasteiger partial charge in [-0.3, -0.25) is 0 Å². The first-order valence-corrected chi connectivity index (χ1v) is 19.0. The van der Waals surface area contributed by atoms with Gasteiger partial charge in [0.05, 0.1) is 0 Å². The molecule has 0 radical (unpaired) electrons. The first-order valence-electron chi connectivity index (χ1n) is 16.5. The van der Waals surface area contributed by atoms with Crippen LogP contribution in [0.3, 0.4) is 0 Å². The van der Waals surface area contributed by atoms with Gasteiger partial charge in [0.25, 0.3) is 0 Å². The molecule has 5 heteroatoms. The second-order valence-electron chi connectivity index (χ2n) is 15.7. The van der Waals surface area contributed by atoms with E-state index in [-0.39, 0.29) is 11.1 Å². The molecule has 4 rings (SSSR count). The van der Waals surface area contributed by atoms with Crippen molar-refractivity contribution in [2.75, 3.05) is 38.8 Å². The van der Waals surface area contributed by atoms with Gasteiger partial charge >= 0.3 is 288 Å². The number of anilines is 2. The number of nitrogens with one attached hydrogen (secondary N) is 2. The van der Waals surface area contributed by atoms with E-state index in [1.54, 1.807) is 40.0 Å². The van der Waals surface area contributed by atoms with E-state index < -0.39 is 23.2 Å². The molecule has 2 unspecified atom stereocenters. The van der Waals surface area contributed by atoms with Gasteiger partial charge in [0.15, 0.2) is 0 Å². The van der Waals surface area contributed by atoms with Crippen LogP contribution >= 0.6 is 0 Å². The van der Waals surface area contributed by atoms with E-state index >= 15 is 0 Å². The van der Waals surface area contributed by atoms with Gasteiger partial charge in [0.1, 0.15) is 0 Å². The number of hydrogen-bond acceptors (Lipinski definition) is 4. The zero-order valence-electron chi connectivity index (χ0n) is 30.6. The van der Waals surface area contributed by atoms with Gasteiger partial charge in [-0.25, -0.2) is 0 Å². The molecule has 4 nitrogen and oxygen atoms in total. The standard InChI is InChI=1S/2C20H29N2.Zr/c2*1-14-12-15(2)19(22(6)7)17(14)13-16-10-8-9-11-18(16)21-20(3,4)5;/h2*8-11,19,21H,13H2,1-7H3;. The summed E-state index contributed by atoms with van der Waals surface area (Å²) in [5, 5.41) is 7.54. The van der Waals surface area contributed by atoms with Crippen LogP contribution in [-0.2, 0) is 36.1 Å². The summed E-state index contributed by atoms with van der Waals surface area (Å²) in [6.45, 7) is 23.1. The first kappa shape index (κ1) is 35.7. The summed E-state index contributed by atoms with van der Waals surface area (Å²) < 4.78 is 3.38. The van der Waals surface area contributed by atoms with E-state index in [9.17, 15) is 0 Å². The third-order valence-corrected chi connectivity index (χ3v) is 14.1. The van der Waals surface area contributed by atoms with Crippen LogP contribution < -0.4 is 10.6 Å². The zero-order chi connectivity index (χ0) is 33.4. The monoisotopic (exact) mass is 684 g/mol. The van der Waals surface area contributed by atoms with Crippen LogP contribution in [0.2, 0.25) is 0 Å². The Bertz CT molecular complexity index is 1420. The van der Waals surface area contributed by atoms with Crippen LogP contribution in [0.25, 0.3) is 0 Å². The molecule has 2 aliphatic carbocycles. The molecule has 0 aliphatic heterocycles. The average Bonchev–Trinajstić information content (AvgIpc) is 3.28. The fourth-order valence-corrected chi connectivity index (χ4v) is 11.3. The van der Waals surface area contributed by atoms with Gasteiger partial charge < -0.3 is 0 Å². The van der Waals surface area contributed by atoms with Gasteiger partial charge in [0, 0.05) is 0 Å². The number of hydrogen-bond donors (Lipinski definition) is 2. The van der Waals surface area contributed by atoms with E-state index in [1.807, 2.05) is 0 Å². The first-order chi connectivity index (χ1) is 20.9. The summed E-state index contributed by atoms with van der Waals surface area (Å²) >= 11 is -1.09. The maximum absolute atomic E-state index is 3.77. The van der Waals surface area contributed by atoms with Gasteiger partial charge in [0.2, 0.25) is 0 Å². The van der Waals surface area contributed by atoms with Gasteiger partial charge in [-0.1, -0.05) is 0 Å². The van der Waals surface area contributed by atoms with Crippen molar-refractivity contribution in [1.29, 1.82) is 0 Å². The number of benzene rings is 2. The van der Waals surface area contributed by atoms with Crippen molar-refractivity contribution in [3.63, 3.8) is 0 Å². The Labute approximate surface area is 286 Å². The van der Waals surface area contributed by atoms with E-state index in [1.165, 1.54) is 22.5 Å². The molecule has 0 aromatic heterocycles. The van der Waals surface area contributed by atoms with Crippen molar-refractivity contribution in [2.24, 2.45) is 0 Å². The summed E-state index contributed by atoms with van der Waals surface area (Å²) in [5.41, 5.74) is 14.7. The minimum atomic E-state index is -1.09. The van der Waals surface area contributed by atoms with Crippen molar-refractivity contribution in [3.05, 3.63) is 99.7 Å². The Morgan fingerprint density at radius 2 is 0.911 bits per heavy atom. The fraction of sp³-hybridized carbons (Fsp3) is 0.500. The second-order valence-corrected chi connectivity index (χ2v) is 18.8. The minimum absolute atomic E-state index is 0.0181. The Morgan fingerprint density at radius 3 is 1.22 bits per heavy atom. The maximum atomic E-state index is 3.77. The molecule has 2 aliphatic rings. The average molecular weight is 686 g/mol. The molecule has 0 bridgehead atoms. The molecule has 0 saturated carbocycles. The van der Waals surface area contributed by atoms with Crippen molar-refractivity contribution >= 4 is 11.4 Å². The number of nitrogens with zero attached hydrogens (tertiary/aromatic N) is 2. The molecular formula is C40H58N4Zr. The quantitative estimate of drug-likeness (QED) is 0.261. The Hall–Kier alpha value is -2.20. The fourth-order valence-electron chi connectivity index (χ4n) is 7.30. The van der Waals surface area contributed by atoms with E-state index in [4.69, 9.17) is 0 Å². The van der Waals surface area contributed by atoms with Crippen molar-refractivity contribution in [2.45, 2.75) is 105 Å². The zero-order valence-corrected chi connectivity index (χ0v) is 33.0. The van der Waals surface area contributed by atoms with Crippen molar-refractivity contribution in [1.82, 2.24) is 9.80 Å². The van der Waals surface area contributed by atoms with Crippen LogP contribution in [0.1, 0.15) is 80.4 Å². The molecule has 242 valence electrons. The predicted octanol–water partition coefficient (Wildman–Crippen LogP) is 9.04. The third-order valence-electron chi connectivity index (χ3n) is 9.08. The van der Waals surface area contributed by atoms with E-state index in [0.717, 1.165) is 12.8 Å². The molecule has 45 heavy (non-hydrogen) atoms. The molecule has 0 heterocycles. The summed E-state index contributed by atoms with van der Waals surface area (Å²) in [5.74, 6) is 0. The van der Waals surface area contributed by atoms with Gasteiger partial charge in [-0.15, -0.1) is 0 Å². The second kappa shape index (κ2) is 13.9. The molecule has 2 N–H and O–H groups in total. The molecule has 0 amide bonds. The molecule has 0 spiro atoms. The Morgan fingerprint density at radius 1 is 0.578 bits per heavy atom. The predicted molar refractivity (Wildman–Crippen MR) is 193 cm³/mol. The summed E-state index contributed by atoms with van der Waals surface area (Å²) in [6.07, 6.45) is 1.95. The third kappa shape index (κ3) is 8.21. The van der Waals surface area contributed by atoms with Crippen molar-refractivity contribution in [3.8, 4) is 0 Å². The molecule has 0 fully saturated rings. The number of rotatable bonds is 10. The van der Waals surface area contributed by atoms with Crippen LogP contribution in [0.15, 0.2) is 88.5 Å². The van der Waals surface area contributed by atoms with Crippen LogP contribution in [0, 0.1) is 0 Å². The number of likely N-dealkylation sites (N-methyl/N-ethyl adjacent to an activating group) is 2. The topological polar surface area (TPSA) is 30.5 Å². The van der Waals surface area contributed by atoms with E-state index in [2.05, 4.69) is 166 Å². The summed E-state index contributed by atoms with van der Waals surface area (Å²) in [6, 6.07) is 18.5. The summed E-state index contributed by atoms with van der Waals surface area (Å²) in [7, 11) is 9.01. The van der Waals surface area contributed by atoms with Crippen LogP contribution in [0.5, 0.6) is 0 Å². The Kier molecular flexibility index (Phi) is 11.0. The molecule has 2 aromatic carbocycles. The molecular weight excluding hydrogens is 628 g/mol. The molecule has 0 saturated heterocycles. The Balaban J connectivity index is 1.72. The SMILES string of the molecule is CC1=C(Cc2ccccc2NC(C)(C)C)C(N(C)C)C(C)=[C]1[Zr][C]1=C(C)C(N(C)C)C(Cc2ccccc2NC(C)(C)C)=C1C. The van der Waals surface area contributed by atoms with E-state index in [0.29, 0.717) is 12.1 Å². The normalized spacial score (nSPS) is 19.6. The number of allylic oxidation sites excluding steroid dienone is 4. The van der Waals surface area contributed by atoms with Gasteiger partial charge in [-0.05, 0) is 0 Å². The van der Waals surface area contributed by atoms with Crippen molar-refractivity contribution < 1.29 is 23.2 Å². The molecule has 2 aromatic rings. The van der Waals surface area contributed by atoms with Gasteiger partial charge in [-0.2, -0.15) is 0 Å². The van der Waals surface area contributed by atoms with Crippen LogP contribution in [0.4, 0.5) is 11.4 Å². The van der Waals surface area contributed by atoms with Crippen LogP contribution in [-0.4, -0.2) is 61.2 Å².